The molecule has 0 fully saturated rings. The van der Waals surface area contributed by atoms with Crippen LogP contribution in [0.3, 0.4) is 0 Å². The summed E-state index contributed by atoms with van der Waals surface area (Å²) in [4.78, 5) is 24.4. The second kappa shape index (κ2) is 10.0. The molecule has 0 bridgehead atoms. The highest BCUT2D eigenvalue weighted by molar-refractivity contribution is 5.95. The van der Waals surface area contributed by atoms with Gasteiger partial charge in [0.15, 0.2) is 0 Å². The third kappa shape index (κ3) is 8.65. The van der Waals surface area contributed by atoms with Gasteiger partial charge in [-0.1, -0.05) is 13.3 Å². The number of imide groups is 1. The van der Waals surface area contributed by atoms with Crippen molar-refractivity contribution in [1.82, 2.24) is 15.5 Å². The van der Waals surface area contributed by atoms with Gasteiger partial charge in [-0.15, -0.1) is 0 Å². The monoisotopic (exact) mass is 245 g/mol. The Labute approximate surface area is 102 Å². The van der Waals surface area contributed by atoms with Crippen molar-refractivity contribution in [2.75, 3.05) is 32.8 Å². The molecule has 3 N–H and O–H groups in total. The third-order valence-electron chi connectivity index (χ3n) is 2.20. The van der Waals surface area contributed by atoms with E-state index in [9.17, 15) is 9.59 Å². The molecule has 3 amide bonds. The number of hydrogen-bond donors (Lipinski definition) is 3. The van der Waals surface area contributed by atoms with Crippen molar-refractivity contribution in [3.63, 3.8) is 0 Å². The van der Waals surface area contributed by atoms with Crippen molar-refractivity contribution in [2.45, 2.75) is 26.7 Å². The van der Waals surface area contributed by atoms with Crippen LogP contribution in [0.5, 0.6) is 0 Å². The maximum atomic E-state index is 11.5. The fourth-order valence-corrected chi connectivity index (χ4v) is 1.37. The molecule has 0 aromatic carbocycles. The highest BCUT2D eigenvalue weighted by atomic mass is 16.3. The number of amides is 3. The molecular formula is C11H23N3O3. The Morgan fingerprint density at radius 1 is 1.24 bits per heavy atom. The number of unbranched alkanes of at least 4 members (excludes halogenated alkanes) is 1. The van der Waals surface area contributed by atoms with Gasteiger partial charge in [-0.3, -0.25) is 15.0 Å². The zero-order valence-electron chi connectivity index (χ0n) is 10.7. The Bertz CT molecular complexity index is 234. The van der Waals surface area contributed by atoms with Crippen LogP contribution >= 0.6 is 0 Å². The summed E-state index contributed by atoms with van der Waals surface area (Å²) in [5, 5.41) is 13.6. The standard InChI is InChI=1S/C11H23N3O3/c1-3-5-6-14(7-8-15)9-10(16)13-11(17)12-4-2/h15H,3-9H2,1-2H3,(H2,12,13,16,17). The minimum absolute atomic E-state index is 0.0121. The zero-order valence-corrected chi connectivity index (χ0v) is 10.7. The first-order chi connectivity index (χ1) is 8.13. The second-order valence-corrected chi connectivity index (χ2v) is 3.76. The summed E-state index contributed by atoms with van der Waals surface area (Å²) in [5.74, 6) is -0.347. The van der Waals surface area contributed by atoms with E-state index in [-0.39, 0.29) is 19.1 Å². The van der Waals surface area contributed by atoms with Gasteiger partial charge in [-0.05, 0) is 19.9 Å². The van der Waals surface area contributed by atoms with Crippen molar-refractivity contribution in [3.8, 4) is 0 Å². The van der Waals surface area contributed by atoms with E-state index < -0.39 is 6.03 Å². The van der Waals surface area contributed by atoms with Gasteiger partial charge in [0.2, 0.25) is 5.91 Å². The number of carbonyl (C=O) groups excluding carboxylic acids is 2. The molecule has 0 aliphatic carbocycles. The maximum Gasteiger partial charge on any atom is 0.321 e. The molecule has 6 nitrogen and oxygen atoms in total. The van der Waals surface area contributed by atoms with E-state index in [2.05, 4.69) is 17.6 Å². The molecule has 0 aromatic heterocycles. The van der Waals surface area contributed by atoms with Gasteiger partial charge in [0.1, 0.15) is 0 Å². The molecule has 0 aromatic rings. The molecule has 0 saturated carbocycles. The van der Waals surface area contributed by atoms with E-state index in [1.807, 2.05) is 4.90 Å². The van der Waals surface area contributed by atoms with Crippen LogP contribution in [0.2, 0.25) is 0 Å². The summed E-state index contributed by atoms with van der Waals surface area (Å²) in [5.41, 5.74) is 0. The Hall–Kier alpha value is -1.14. The molecule has 0 aliphatic rings. The number of nitrogens with one attached hydrogen (secondary N) is 2. The Morgan fingerprint density at radius 2 is 1.94 bits per heavy atom. The Balaban J connectivity index is 3.97. The second-order valence-electron chi connectivity index (χ2n) is 3.76. The zero-order chi connectivity index (χ0) is 13.1. The van der Waals surface area contributed by atoms with Crippen LogP contribution in [-0.2, 0) is 4.79 Å². The van der Waals surface area contributed by atoms with Crippen molar-refractivity contribution >= 4 is 11.9 Å². The van der Waals surface area contributed by atoms with Crippen LogP contribution in [0.15, 0.2) is 0 Å². The third-order valence-corrected chi connectivity index (χ3v) is 2.20. The molecule has 0 rings (SSSR count). The lowest BCUT2D eigenvalue weighted by Crippen LogP contribution is -2.45. The fraction of sp³-hybridized carbons (Fsp3) is 0.818. The summed E-state index contributed by atoms with van der Waals surface area (Å²) < 4.78 is 0. The van der Waals surface area contributed by atoms with Crippen LogP contribution < -0.4 is 10.6 Å². The van der Waals surface area contributed by atoms with E-state index in [0.29, 0.717) is 13.1 Å². The SMILES string of the molecule is CCCCN(CCO)CC(=O)NC(=O)NCC. The lowest BCUT2D eigenvalue weighted by Gasteiger charge is -2.20. The number of nitrogens with zero attached hydrogens (tertiary/aromatic N) is 1. The predicted octanol–water partition coefficient (Wildman–Crippen LogP) is -0.0735. The van der Waals surface area contributed by atoms with Crippen molar-refractivity contribution in [3.05, 3.63) is 0 Å². The van der Waals surface area contributed by atoms with Crippen LogP contribution in [0.1, 0.15) is 26.7 Å². The highest BCUT2D eigenvalue weighted by Crippen LogP contribution is 1.94. The van der Waals surface area contributed by atoms with E-state index in [1.165, 1.54) is 0 Å². The van der Waals surface area contributed by atoms with Gasteiger partial charge in [0.05, 0.1) is 13.2 Å². The minimum atomic E-state index is -0.475. The van der Waals surface area contributed by atoms with Crippen LogP contribution in [-0.4, -0.2) is 54.7 Å². The van der Waals surface area contributed by atoms with E-state index in [1.54, 1.807) is 6.92 Å². The number of urea groups is 1. The molecular weight excluding hydrogens is 222 g/mol. The number of aliphatic hydroxyl groups excluding tert-OH is 1. The molecule has 0 aliphatic heterocycles. The number of rotatable bonds is 8. The molecule has 0 atom stereocenters. The van der Waals surface area contributed by atoms with E-state index in [4.69, 9.17) is 5.11 Å². The maximum absolute atomic E-state index is 11.5. The van der Waals surface area contributed by atoms with Gasteiger partial charge in [-0.2, -0.15) is 0 Å². The van der Waals surface area contributed by atoms with E-state index in [0.717, 1.165) is 19.4 Å². The van der Waals surface area contributed by atoms with Crippen LogP contribution in [0.4, 0.5) is 4.79 Å². The predicted molar refractivity (Wildman–Crippen MR) is 65.6 cm³/mol. The molecule has 17 heavy (non-hydrogen) atoms. The van der Waals surface area contributed by atoms with Crippen LogP contribution in [0, 0.1) is 0 Å². The van der Waals surface area contributed by atoms with Gasteiger partial charge in [-0.25, -0.2) is 4.79 Å². The van der Waals surface area contributed by atoms with Crippen molar-refractivity contribution in [1.29, 1.82) is 0 Å². The van der Waals surface area contributed by atoms with Gasteiger partial charge >= 0.3 is 6.03 Å². The average molecular weight is 245 g/mol. The quantitative estimate of drug-likeness (QED) is 0.559. The normalized spacial score (nSPS) is 10.4. The van der Waals surface area contributed by atoms with Crippen LogP contribution in [0.25, 0.3) is 0 Å². The van der Waals surface area contributed by atoms with Gasteiger partial charge < -0.3 is 10.4 Å². The van der Waals surface area contributed by atoms with E-state index >= 15 is 0 Å². The topological polar surface area (TPSA) is 81.7 Å². The first kappa shape index (κ1) is 15.9. The number of carbonyl (C=O) groups is 2. The lowest BCUT2D eigenvalue weighted by molar-refractivity contribution is -0.121. The summed E-state index contributed by atoms with van der Waals surface area (Å²) in [6.07, 6.45) is 1.99. The smallest absolute Gasteiger partial charge is 0.321 e. The molecule has 6 heteroatoms. The first-order valence-corrected chi connectivity index (χ1v) is 6.04. The first-order valence-electron chi connectivity index (χ1n) is 6.04. The molecule has 0 unspecified atom stereocenters. The number of aliphatic hydroxyl groups is 1. The summed E-state index contributed by atoms with van der Waals surface area (Å²) >= 11 is 0. The summed E-state index contributed by atoms with van der Waals surface area (Å²) in [6, 6.07) is -0.475. The molecule has 0 saturated heterocycles. The van der Waals surface area contributed by atoms with Gasteiger partial charge in [0.25, 0.3) is 0 Å². The highest BCUT2D eigenvalue weighted by Gasteiger charge is 2.11. The van der Waals surface area contributed by atoms with Crippen molar-refractivity contribution < 1.29 is 14.7 Å². The number of hydrogen-bond acceptors (Lipinski definition) is 4. The Kier molecular flexibility index (Phi) is 9.37. The van der Waals surface area contributed by atoms with Gasteiger partial charge in [0, 0.05) is 13.1 Å². The Morgan fingerprint density at radius 3 is 2.47 bits per heavy atom. The van der Waals surface area contributed by atoms with Crippen molar-refractivity contribution in [2.24, 2.45) is 0 Å². The average Bonchev–Trinajstić information content (AvgIpc) is 2.26. The molecule has 0 heterocycles. The largest absolute Gasteiger partial charge is 0.395 e. The summed E-state index contributed by atoms with van der Waals surface area (Å²) in [7, 11) is 0. The fourth-order valence-electron chi connectivity index (χ4n) is 1.37. The molecule has 0 spiro atoms. The minimum Gasteiger partial charge on any atom is -0.395 e. The molecule has 100 valence electrons. The summed E-state index contributed by atoms with van der Waals surface area (Å²) in [6.45, 7) is 5.67. The molecule has 0 radical (unpaired) electrons. The lowest BCUT2D eigenvalue weighted by atomic mass is 10.3.